The van der Waals surface area contributed by atoms with Gasteiger partial charge in [-0.05, 0) is 17.7 Å². The van der Waals surface area contributed by atoms with E-state index in [1.54, 1.807) is 16.8 Å². The van der Waals surface area contributed by atoms with Crippen LogP contribution in [-0.4, -0.2) is 26.7 Å². The van der Waals surface area contributed by atoms with Crippen molar-refractivity contribution in [1.82, 2.24) is 14.4 Å². The first-order chi connectivity index (χ1) is 12.2. The van der Waals surface area contributed by atoms with Gasteiger partial charge < -0.3 is 4.74 Å². The minimum atomic E-state index is -4.75. The summed E-state index contributed by atoms with van der Waals surface area (Å²) in [5.74, 6) is -2.81. The first kappa shape index (κ1) is 16.7. The van der Waals surface area contributed by atoms with Gasteiger partial charge in [0, 0.05) is 36.7 Å². The second kappa shape index (κ2) is 5.65. The first-order valence-electron chi connectivity index (χ1n) is 7.77. The van der Waals surface area contributed by atoms with E-state index in [0.29, 0.717) is 22.6 Å². The van der Waals surface area contributed by atoms with Crippen molar-refractivity contribution in [3.63, 3.8) is 0 Å². The Labute approximate surface area is 144 Å². The molecule has 0 amide bonds. The van der Waals surface area contributed by atoms with Crippen LogP contribution < -0.4 is 4.74 Å². The summed E-state index contributed by atoms with van der Waals surface area (Å²) in [6.45, 7) is 0. The Kier molecular flexibility index (Phi) is 3.64. The Balaban J connectivity index is 1.63. The number of halogens is 5. The Morgan fingerprint density at radius 3 is 2.31 bits per heavy atom. The maximum Gasteiger partial charge on any atom is 0.573 e. The molecule has 1 aliphatic rings. The van der Waals surface area contributed by atoms with E-state index in [4.69, 9.17) is 0 Å². The van der Waals surface area contributed by atoms with Gasteiger partial charge in [-0.1, -0.05) is 12.1 Å². The minimum Gasteiger partial charge on any atom is -0.406 e. The van der Waals surface area contributed by atoms with E-state index in [-0.39, 0.29) is 24.5 Å². The lowest BCUT2D eigenvalue weighted by molar-refractivity contribution is -0.274. The van der Waals surface area contributed by atoms with Crippen molar-refractivity contribution in [1.29, 1.82) is 0 Å². The zero-order valence-corrected chi connectivity index (χ0v) is 13.2. The van der Waals surface area contributed by atoms with E-state index in [1.807, 2.05) is 0 Å². The third-order valence-electron chi connectivity index (χ3n) is 4.29. The van der Waals surface area contributed by atoms with Gasteiger partial charge in [0.15, 0.2) is 5.65 Å². The van der Waals surface area contributed by atoms with Gasteiger partial charge in [0.05, 0.1) is 6.20 Å². The normalized spacial score (nSPS) is 17.3. The largest absolute Gasteiger partial charge is 0.573 e. The summed E-state index contributed by atoms with van der Waals surface area (Å²) in [5, 5.41) is 0. The predicted octanol–water partition coefficient (Wildman–Crippen LogP) is 4.81. The molecular formula is C17H12F5N3O. The molecule has 4 rings (SSSR count). The molecule has 0 atom stereocenters. The van der Waals surface area contributed by atoms with Crippen molar-refractivity contribution in [3.8, 4) is 16.9 Å². The lowest BCUT2D eigenvalue weighted by Crippen LogP contribution is -2.34. The lowest BCUT2D eigenvalue weighted by atomic mass is 9.81. The average Bonchev–Trinajstić information content (AvgIpc) is 2.94. The Hall–Kier alpha value is -2.71. The van der Waals surface area contributed by atoms with Gasteiger partial charge in [-0.2, -0.15) is 0 Å². The molecule has 0 unspecified atom stereocenters. The smallest absolute Gasteiger partial charge is 0.406 e. The molecule has 0 spiro atoms. The molecule has 9 heteroatoms. The second-order valence-electron chi connectivity index (χ2n) is 6.22. The van der Waals surface area contributed by atoms with Gasteiger partial charge >= 0.3 is 6.36 Å². The fourth-order valence-corrected chi connectivity index (χ4v) is 3.05. The van der Waals surface area contributed by atoms with E-state index in [1.165, 1.54) is 30.5 Å². The van der Waals surface area contributed by atoms with E-state index in [2.05, 4.69) is 14.7 Å². The number of nitrogens with zero attached hydrogens (tertiary/aromatic N) is 3. The summed E-state index contributed by atoms with van der Waals surface area (Å²) in [6.07, 6.45) is -0.495. The molecule has 0 saturated heterocycles. The van der Waals surface area contributed by atoms with Crippen molar-refractivity contribution in [2.45, 2.75) is 31.0 Å². The summed E-state index contributed by atoms with van der Waals surface area (Å²) in [7, 11) is 0. The van der Waals surface area contributed by atoms with Crippen LogP contribution in [0.3, 0.4) is 0 Å². The monoisotopic (exact) mass is 369 g/mol. The van der Waals surface area contributed by atoms with Crippen molar-refractivity contribution >= 4 is 5.65 Å². The van der Waals surface area contributed by atoms with Crippen molar-refractivity contribution in [3.05, 3.63) is 48.7 Å². The van der Waals surface area contributed by atoms with E-state index in [9.17, 15) is 22.0 Å². The SMILES string of the molecule is FC1(F)CC(c2ncc3ncc(-c4ccc(OC(F)(F)F)cc4)cn23)C1. The van der Waals surface area contributed by atoms with Crippen LogP contribution in [-0.2, 0) is 0 Å². The van der Waals surface area contributed by atoms with E-state index < -0.39 is 12.3 Å². The molecule has 0 aliphatic heterocycles. The highest BCUT2D eigenvalue weighted by Crippen LogP contribution is 2.47. The Bertz CT molecular complexity index is 941. The number of alkyl halides is 5. The number of hydrogen-bond donors (Lipinski definition) is 0. The minimum absolute atomic E-state index is 0.250. The molecule has 26 heavy (non-hydrogen) atoms. The quantitative estimate of drug-likeness (QED) is 0.622. The highest BCUT2D eigenvalue weighted by molar-refractivity contribution is 5.64. The number of hydrogen-bond acceptors (Lipinski definition) is 3. The fourth-order valence-electron chi connectivity index (χ4n) is 3.05. The predicted molar refractivity (Wildman–Crippen MR) is 82.0 cm³/mol. The Morgan fingerprint density at radius 2 is 1.69 bits per heavy atom. The summed E-state index contributed by atoms with van der Waals surface area (Å²) in [6, 6.07) is 5.35. The third-order valence-corrected chi connectivity index (χ3v) is 4.29. The topological polar surface area (TPSA) is 39.4 Å². The number of imidazole rings is 1. The van der Waals surface area contributed by atoms with Gasteiger partial charge in [-0.3, -0.25) is 4.40 Å². The molecule has 136 valence electrons. The molecule has 1 aromatic carbocycles. The van der Waals surface area contributed by atoms with Gasteiger partial charge in [-0.25, -0.2) is 18.7 Å². The number of rotatable bonds is 3. The van der Waals surface area contributed by atoms with Gasteiger partial charge in [0.1, 0.15) is 11.6 Å². The number of ether oxygens (including phenoxy) is 1. The van der Waals surface area contributed by atoms with Crippen molar-refractivity contribution in [2.24, 2.45) is 0 Å². The molecule has 1 saturated carbocycles. The van der Waals surface area contributed by atoms with Crippen LogP contribution in [0.4, 0.5) is 22.0 Å². The van der Waals surface area contributed by atoms with Gasteiger partial charge in [0.25, 0.3) is 0 Å². The zero-order valence-electron chi connectivity index (χ0n) is 13.2. The fraction of sp³-hybridized carbons (Fsp3) is 0.294. The zero-order chi connectivity index (χ0) is 18.5. The summed E-state index contributed by atoms with van der Waals surface area (Å²) in [5.41, 5.74) is 1.77. The summed E-state index contributed by atoms with van der Waals surface area (Å²) in [4.78, 5) is 8.43. The maximum atomic E-state index is 13.1. The van der Waals surface area contributed by atoms with E-state index in [0.717, 1.165) is 0 Å². The molecular weight excluding hydrogens is 357 g/mol. The van der Waals surface area contributed by atoms with Crippen molar-refractivity contribution in [2.75, 3.05) is 0 Å². The number of benzene rings is 1. The molecule has 0 radical (unpaired) electrons. The van der Waals surface area contributed by atoms with Gasteiger partial charge in [0.2, 0.25) is 5.92 Å². The third kappa shape index (κ3) is 3.21. The summed E-state index contributed by atoms with van der Waals surface area (Å²) < 4.78 is 68.4. The van der Waals surface area contributed by atoms with Crippen LogP contribution in [0.2, 0.25) is 0 Å². The highest BCUT2D eigenvalue weighted by Gasteiger charge is 2.47. The standard InChI is InChI=1S/C17H12F5N3O/c18-16(19)5-11(6-16)15-24-8-14-23-7-12(9-25(14)15)10-1-3-13(4-2-10)26-17(20,21)22/h1-4,7-9,11H,5-6H2. The Morgan fingerprint density at radius 1 is 1.00 bits per heavy atom. The van der Waals surface area contributed by atoms with Crippen molar-refractivity contribution < 1.29 is 26.7 Å². The van der Waals surface area contributed by atoms with Crippen LogP contribution in [0, 0.1) is 0 Å². The lowest BCUT2D eigenvalue weighted by Gasteiger charge is -2.33. The van der Waals surface area contributed by atoms with E-state index >= 15 is 0 Å². The number of fused-ring (bicyclic) bond motifs is 1. The molecule has 2 aromatic heterocycles. The van der Waals surface area contributed by atoms with Gasteiger partial charge in [-0.15, -0.1) is 13.2 Å². The van der Waals surface area contributed by atoms with Crippen LogP contribution in [0.15, 0.2) is 42.9 Å². The molecule has 1 aliphatic carbocycles. The first-order valence-corrected chi connectivity index (χ1v) is 7.77. The maximum absolute atomic E-state index is 13.1. The average molecular weight is 369 g/mol. The highest BCUT2D eigenvalue weighted by atomic mass is 19.4. The van der Waals surface area contributed by atoms with Crippen LogP contribution in [0.5, 0.6) is 5.75 Å². The van der Waals surface area contributed by atoms with Crippen LogP contribution in [0.25, 0.3) is 16.8 Å². The molecule has 2 heterocycles. The summed E-state index contributed by atoms with van der Waals surface area (Å²) >= 11 is 0. The molecule has 1 fully saturated rings. The molecule has 0 N–H and O–H groups in total. The molecule has 3 aromatic rings. The molecule has 0 bridgehead atoms. The second-order valence-corrected chi connectivity index (χ2v) is 6.22. The molecule has 4 nitrogen and oxygen atoms in total. The van der Waals surface area contributed by atoms with Crippen LogP contribution >= 0.6 is 0 Å². The number of aromatic nitrogens is 3. The van der Waals surface area contributed by atoms with Crippen LogP contribution in [0.1, 0.15) is 24.6 Å².